The van der Waals surface area contributed by atoms with Gasteiger partial charge in [0, 0.05) is 6.20 Å². The van der Waals surface area contributed by atoms with E-state index in [0.29, 0.717) is 0 Å². The van der Waals surface area contributed by atoms with Crippen LogP contribution in [0.3, 0.4) is 0 Å². The molecule has 0 atom stereocenters. The van der Waals surface area contributed by atoms with Gasteiger partial charge in [-0.15, -0.1) is 0 Å². The van der Waals surface area contributed by atoms with Crippen molar-refractivity contribution in [2.45, 2.75) is 129 Å². The third kappa shape index (κ3) is 12.4. The fourth-order valence-corrected chi connectivity index (χ4v) is 3.70. The zero-order valence-corrected chi connectivity index (χ0v) is 17.8. The fourth-order valence-electron chi connectivity index (χ4n) is 3.70. The summed E-state index contributed by atoms with van der Waals surface area (Å²) in [5.74, 6) is 0. The zero-order chi connectivity index (χ0) is 18.7. The highest BCUT2D eigenvalue weighted by Crippen LogP contribution is 2.15. The molecule has 1 aromatic rings. The van der Waals surface area contributed by atoms with Crippen molar-refractivity contribution in [3.8, 4) is 0 Å². The van der Waals surface area contributed by atoms with Gasteiger partial charge >= 0.3 is 0 Å². The van der Waals surface area contributed by atoms with Gasteiger partial charge in [0.1, 0.15) is 0 Å². The summed E-state index contributed by atoms with van der Waals surface area (Å²) >= 11 is 0. The Morgan fingerprint density at radius 2 is 1.04 bits per heavy atom. The molecular formula is C24H44N2. The van der Waals surface area contributed by atoms with E-state index in [2.05, 4.69) is 30.1 Å². The first-order chi connectivity index (χ1) is 12.9. The molecule has 2 heteroatoms. The molecule has 0 fully saturated rings. The highest BCUT2D eigenvalue weighted by atomic mass is 15.1. The van der Waals surface area contributed by atoms with Gasteiger partial charge in [-0.25, -0.2) is 0 Å². The maximum atomic E-state index is 4.44. The highest BCUT2D eigenvalue weighted by Gasteiger charge is 2.04. The lowest BCUT2D eigenvalue weighted by Gasteiger charge is -2.08. The van der Waals surface area contributed by atoms with Crippen LogP contribution in [0.15, 0.2) is 12.3 Å². The van der Waals surface area contributed by atoms with E-state index < -0.39 is 0 Å². The van der Waals surface area contributed by atoms with Gasteiger partial charge in [0.15, 0.2) is 0 Å². The number of rotatable bonds is 18. The molecule has 2 nitrogen and oxygen atoms in total. The second-order valence-electron chi connectivity index (χ2n) is 7.95. The Morgan fingerprint density at radius 1 is 0.577 bits per heavy atom. The summed E-state index contributed by atoms with van der Waals surface area (Å²) < 4.78 is 0. The zero-order valence-electron chi connectivity index (χ0n) is 17.8. The fraction of sp³-hybridized carbons (Fsp3) is 0.833. The van der Waals surface area contributed by atoms with Crippen LogP contribution in [0.4, 0.5) is 0 Å². The second kappa shape index (κ2) is 17.5. The van der Waals surface area contributed by atoms with Crippen LogP contribution in [-0.2, 0) is 12.8 Å². The third-order valence-electron chi connectivity index (χ3n) is 5.46. The minimum Gasteiger partial charge on any atom is -0.159 e. The van der Waals surface area contributed by atoms with Crippen LogP contribution in [0.2, 0.25) is 0 Å². The smallest absolute Gasteiger partial charge is 0.0663 e. The molecule has 1 aromatic heterocycles. The van der Waals surface area contributed by atoms with Gasteiger partial charge in [0.25, 0.3) is 0 Å². The Kier molecular flexibility index (Phi) is 15.6. The van der Waals surface area contributed by atoms with Crippen molar-refractivity contribution in [1.29, 1.82) is 0 Å². The number of nitrogens with zero attached hydrogens (tertiary/aromatic N) is 2. The Hall–Kier alpha value is -0.920. The third-order valence-corrected chi connectivity index (χ3v) is 5.46. The maximum absolute atomic E-state index is 4.44. The molecule has 0 aromatic carbocycles. The first-order valence-corrected chi connectivity index (χ1v) is 11.7. The minimum atomic E-state index is 1.12. The quantitative estimate of drug-likeness (QED) is 0.249. The van der Waals surface area contributed by atoms with E-state index in [0.717, 1.165) is 6.42 Å². The summed E-state index contributed by atoms with van der Waals surface area (Å²) in [5.41, 5.74) is 2.72. The summed E-state index contributed by atoms with van der Waals surface area (Å²) in [7, 11) is 0. The Balaban J connectivity index is 2.10. The predicted molar refractivity (Wildman–Crippen MR) is 115 cm³/mol. The van der Waals surface area contributed by atoms with E-state index in [9.17, 15) is 0 Å². The lowest BCUT2D eigenvalue weighted by atomic mass is 10.0. The summed E-state index contributed by atoms with van der Waals surface area (Å²) in [6, 6.07) is 2.20. The summed E-state index contributed by atoms with van der Waals surface area (Å²) in [4.78, 5) is 0. The lowest BCUT2D eigenvalue weighted by Crippen LogP contribution is -2.00. The molecule has 26 heavy (non-hydrogen) atoms. The van der Waals surface area contributed by atoms with Crippen LogP contribution in [0.1, 0.15) is 128 Å². The molecule has 0 unspecified atom stereocenters. The number of aromatic nitrogens is 2. The van der Waals surface area contributed by atoms with Crippen molar-refractivity contribution < 1.29 is 0 Å². The van der Waals surface area contributed by atoms with E-state index in [1.165, 1.54) is 120 Å². The van der Waals surface area contributed by atoms with Crippen molar-refractivity contribution in [1.82, 2.24) is 10.2 Å². The van der Waals surface area contributed by atoms with Crippen molar-refractivity contribution in [2.75, 3.05) is 0 Å². The van der Waals surface area contributed by atoms with Crippen LogP contribution < -0.4 is 0 Å². The molecule has 0 bridgehead atoms. The SMILES string of the molecule is CCCCCCCCCCc1ccnnc1CCCCCCCCCC. The standard InChI is InChI=1S/C24H44N2/c1-3-5-7-9-11-13-15-17-19-23-21-22-25-26-24(23)20-18-16-14-12-10-8-6-4-2/h21-22H,3-20H2,1-2H3. The average Bonchev–Trinajstić information content (AvgIpc) is 2.67. The van der Waals surface area contributed by atoms with E-state index in [1.807, 2.05) is 6.20 Å². The molecular weight excluding hydrogens is 316 g/mol. The molecule has 0 aliphatic carbocycles. The minimum absolute atomic E-state index is 1.12. The second-order valence-corrected chi connectivity index (χ2v) is 7.95. The molecule has 0 spiro atoms. The van der Waals surface area contributed by atoms with E-state index >= 15 is 0 Å². The topological polar surface area (TPSA) is 25.8 Å². The highest BCUT2D eigenvalue weighted by molar-refractivity contribution is 5.17. The van der Waals surface area contributed by atoms with Crippen molar-refractivity contribution in [3.63, 3.8) is 0 Å². The van der Waals surface area contributed by atoms with Gasteiger partial charge in [0.2, 0.25) is 0 Å². The average molecular weight is 361 g/mol. The van der Waals surface area contributed by atoms with E-state index in [-0.39, 0.29) is 0 Å². The number of aryl methyl sites for hydroxylation is 2. The summed E-state index contributed by atoms with van der Waals surface area (Å²) in [5, 5.41) is 8.57. The largest absolute Gasteiger partial charge is 0.159 e. The first-order valence-electron chi connectivity index (χ1n) is 11.7. The summed E-state index contributed by atoms with van der Waals surface area (Å²) in [6.45, 7) is 4.57. The molecule has 0 saturated carbocycles. The molecule has 0 aliphatic heterocycles. The Bertz CT molecular complexity index is 377. The normalized spacial score (nSPS) is 11.2. The van der Waals surface area contributed by atoms with Crippen molar-refractivity contribution in [2.24, 2.45) is 0 Å². The number of unbranched alkanes of at least 4 members (excludes halogenated alkanes) is 14. The molecule has 150 valence electrons. The summed E-state index contributed by atoms with van der Waals surface area (Å²) in [6.07, 6.45) is 26.3. The van der Waals surface area contributed by atoms with Crippen LogP contribution in [-0.4, -0.2) is 10.2 Å². The molecule has 0 N–H and O–H groups in total. The van der Waals surface area contributed by atoms with Crippen LogP contribution in [0.5, 0.6) is 0 Å². The Labute approximate surface area is 163 Å². The predicted octanol–water partition coefficient (Wildman–Crippen LogP) is 7.84. The first kappa shape index (κ1) is 23.1. The number of hydrogen-bond donors (Lipinski definition) is 0. The van der Waals surface area contributed by atoms with Gasteiger partial charge in [0.05, 0.1) is 5.69 Å². The van der Waals surface area contributed by atoms with Gasteiger partial charge in [-0.1, -0.05) is 104 Å². The van der Waals surface area contributed by atoms with Gasteiger partial charge in [-0.05, 0) is 37.3 Å². The number of hydrogen-bond acceptors (Lipinski definition) is 2. The van der Waals surface area contributed by atoms with E-state index in [1.54, 1.807) is 0 Å². The van der Waals surface area contributed by atoms with Crippen LogP contribution in [0, 0.1) is 0 Å². The Morgan fingerprint density at radius 3 is 1.58 bits per heavy atom. The monoisotopic (exact) mass is 360 g/mol. The molecule has 0 radical (unpaired) electrons. The van der Waals surface area contributed by atoms with Gasteiger partial charge in [-0.2, -0.15) is 10.2 Å². The van der Waals surface area contributed by atoms with Gasteiger partial charge < -0.3 is 0 Å². The molecule has 1 rings (SSSR count). The van der Waals surface area contributed by atoms with Crippen LogP contribution >= 0.6 is 0 Å². The van der Waals surface area contributed by atoms with Gasteiger partial charge in [-0.3, -0.25) is 0 Å². The lowest BCUT2D eigenvalue weighted by molar-refractivity contribution is 0.567. The van der Waals surface area contributed by atoms with E-state index in [4.69, 9.17) is 0 Å². The van der Waals surface area contributed by atoms with Crippen molar-refractivity contribution in [3.05, 3.63) is 23.5 Å². The molecule has 1 heterocycles. The van der Waals surface area contributed by atoms with Crippen molar-refractivity contribution >= 4 is 0 Å². The molecule has 0 saturated heterocycles. The maximum Gasteiger partial charge on any atom is 0.0663 e. The molecule has 0 aliphatic rings. The van der Waals surface area contributed by atoms with Crippen LogP contribution in [0.25, 0.3) is 0 Å². The molecule has 0 amide bonds.